The van der Waals surface area contributed by atoms with Gasteiger partial charge >= 0.3 is 16.1 Å². The van der Waals surface area contributed by atoms with Gasteiger partial charge in [0.15, 0.2) is 5.13 Å². The normalized spacial score (nSPS) is 12.8. The molecule has 36 heavy (non-hydrogen) atoms. The molecule has 0 spiro atoms. The van der Waals surface area contributed by atoms with Crippen molar-refractivity contribution in [3.63, 3.8) is 0 Å². The summed E-state index contributed by atoms with van der Waals surface area (Å²) in [5.41, 5.74) is 5.81. The lowest BCUT2D eigenvalue weighted by Gasteiger charge is -2.22. The molecule has 1 heterocycles. The molecule has 3 aromatic rings. The Hall–Kier alpha value is -3.09. The number of halogens is 1. The SMILES string of the molecule is CC(C)(C)OC(=O)C(N)CCCCC(=O)Nc1nc2ccc(OS(=O)(=O)c3ccc(F)cc3)cc2s1. The van der Waals surface area contributed by atoms with Crippen molar-refractivity contribution in [3.8, 4) is 5.75 Å². The molecule has 1 amide bonds. The van der Waals surface area contributed by atoms with Crippen LogP contribution in [0.3, 0.4) is 0 Å². The highest BCUT2D eigenvalue weighted by atomic mass is 32.2. The Kier molecular flexibility index (Phi) is 8.64. The molecule has 3 rings (SSSR count). The molecule has 0 bridgehead atoms. The lowest BCUT2D eigenvalue weighted by atomic mass is 10.1. The summed E-state index contributed by atoms with van der Waals surface area (Å²) in [5, 5.41) is 3.08. The third-order valence-electron chi connectivity index (χ3n) is 4.79. The van der Waals surface area contributed by atoms with Crippen molar-refractivity contribution < 1.29 is 31.3 Å². The topological polar surface area (TPSA) is 138 Å². The fourth-order valence-electron chi connectivity index (χ4n) is 3.11. The zero-order valence-corrected chi connectivity index (χ0v) is 21.7. The second kappa shape index (κ2) is 11.3. The van der Waals surface area contributed by atoms with Crippen LogP contribution in [0, 0.1) is 5.82 Å². The number of fused-ring (bicyclic) bond motifs is 1. The number of nitrogens with zero attached hydrogens (tertiary/aromatic N) is 1. The molecule has 0 saturated carbocycles. The van der Waals surface area contributed by atoms with Crippen molar-refractivity contribution in [2.24, 2.45) is 5.73 Å². The number of nitrogens with one attached hydrogen (secondary N) is 1. The van der Waals surface area contributed by atoms with Crippen molar-refractivity contribution in [1.29, 1.82) is 0 Å². The molecule has 0 fully saturated rings. The molecule has 0 saturated heterocycles. The molecule has 0 radical (unpaired) electrons. The molecular weight excluding hydrogens is 509 g/mol. The number of thiazole rings is 1. The second-order valence-electron chi connectivity index (χ2n) is 9.07. The summed E-state index contributed by atoms with van der Waals surface area (Å²) in [7, 11) is -4.13. The van der Waals surface area contributed by atoms with Crippen LogP contribution in [0.4, 0.5) is 9.52 Å². The number of hydrogen-bond donors (Lipinski definition) is 2. The minimum Gasteiger partial charge on any atom is -0.459 e. The van der Waals surface area contributed by atoms with Gasteiger partial charge in [0.2, 0.25) is 5.91 Å². The molecule has 0 aliphatic carbocycles. The molecule has 0 aliphatic heterocycles. The minimum atomic E-state index is -4.13. The number of benzene rings is 2. The van der Waals surface area contributed by atoms with Crippen molar-refractivity contribution in [3.05, 3.63) is 48.3 Å². The summed E-state index contributed by atoms with van der Waals surface area (Å²) in [5.74, 6) is -1.20. The maximum absolute atomic E-state index is 13.1. The predicted molar refractivity (Wildman–Crippen MR) is 135 cm³/mol. The largest absolute Gasteiger partial charge is 0.459 e. The van der Waals surface area contributed by atoms with E-state index < -0.39 is 33.5 Å². The zero-order valence-electron chi connectivity index (χ0n) is 20.1. The molecule has 12 heteroatoms. The van der Waals surface area contributed by atoms with Crippen molar-refractivity contribution in [2.75, 3.05) is 5.32 Å². The Labute approximate surface area is 212 Å². The molecule has 1 atom stereocenters. The second-order valence-corrected chi connectivity index (χ2v) is 11.7. The minimum absolute atomic E-state index is 0.0645. The van der Waals surface area contributed by atoms with Gasteiger partial charge in [0.25, 0.3) is 0 Å². The first kappa shape index (κ1) is 27.5. The van der Waals surface area contributed by atoms with Crippen LogP contribution >= 0.6 is 11.3 Å². The summed E-state index contributed by atoms with van der Waals surface area (Å²) in [4.78, 5) is 28.4. The lowest BCUT2D eigenvalue weighted by Crippen LogP contribution is -2.37. The van der Waals surface area contributed by atoms with Gasteiger partial charge in [0.1, 0.15) is 28.1 Å². The number of ether oxygens (including phenoxy) is 1. The average molecular weight is 538 g/mol. The molecule has 1 aromatic heterocycles. The van der Waals surface area contributed by atoms with E-state index in [-0.39, 0.29) is 23.0 Å². The molecule has 9 nitrogen and oxygen atoms in total. The number of carbonyl (C=O) groups is 2. The van der Waals surface area contributed by atoms with Gasteiger partial charge in [-0.05, 0) is 70.0 Å². The molecule has 1 unspecified atom stereocenters. The molecular formula is C24H28FN3O6S2. The Morgan fingerprint density at radius 1 is 1.14 bits per heavy atom. The van der Waals surface area contributed by atoms with Crippen LogP contribution in [-0.2, 0) is 24.4 Å². The molecule has 194 valence electrons. The van der Waals surface area contributed by atoms with Crippen LogP contribution < -0.4 is 15.2 Å². The van der Waals surface area contributed by atoms with Crippen LogP contribution in [0.1, 0.15) is 46.5 Å². The standard InChI is InChI=1S/C24H28FN3O6S2/c1-24(2,3)33-22(30)18(26)6-4-5-7-21(29)28-23-27-19-13-10-16(14-20(19)35-23)34-36(31,32)17-11-8-15(25)9-12-17/h8-14,18H,4-7,26H2,1-3H3,(H,27,28,29). The van der Waals surface area contributed by atoms with Gasteiger partial charge < -0.3 is 20.0 Å². The van der Waals surface area contributed by atoms with Crippen molar-refractivity contribution in [2.45, 2.75) is 63.0 Å². The number of amides is 1. The van der Waals surface area contributed by atoms with Crippen LogP contribution in [0.25, 0.3) is 10.2 Å². The highest BCUT2D eigenvalue weighted by molar-refractivity contribution is 7.87. The first-order valence-corrected chi connectivity index (χ1v) is 13.4. The average Bonchev–Trinajstić information content (AvgIpc) is 3.16. The Bertz CT molecular complexity index is 1330. The van der Waals surface area contributed by atoms with E-state index in [0.717, 1.165) is 24.3 Å². The fraction of sp³-hybridized carbons (Fsp3) is 0.375. The summed E-state index contributed by atoms with van der Waals surface area (Å²) < 4.78 is 48.9. The Balaban J connectivity index is 1.52. The van der Waals surface area contributed by atoms with Gasteiger partial charge in [-0.25, -0.2) is 9.37 Å². The maximum Gasteiger partial charge on any atom is 0.339 e. The third kappa shape index (κ3) is 7.97. The van der Waals surface area contributed by atoms with Gasteiger partial charge in [0.05, 0.1) is 10.2 Å². The summed E-state index contributed by atoms with van der Waals surface area (Å²) in [6, 6.07) is 8.10. The van der Waals surface area contributed by atoms with Crippen molar-refractivity contribution >= 4 is 48.7 Å². The van der Waals surface area contributed by atoms with Crippen LogP contribution in [0.5, 0.6) is 5.75 Å². The van der Waals surface area contributed by atoms with E-state index in [1.165, 1.54) is 23.5 Å². The molecule has 2 aromatic carbocycles. The van der Waals surface area contributed by atoms with E-state index in [1.54, 1.807) is 26.8 Å². The summed E-state index contributed by atoms with van der Waals surface area (Å²) in [6.07, 6.45) is 1.75. The van der Waals surface area contributed by atoms with Gasteiger partial charge in [-0.15, -0.1) is 0 Å². The maximum atomic E-state index is 13.1. The summed E-state index contributed by atoms with van der Waals surface area (Å²) in [6.45, 7) is 5.31. The molecule has 0 aliphatic rings. The predicted octanol–water partition coefficient (Wildman–Crippen LogP) is 4.37. The molecule has 3 N–H and O–H groups in total. The fourth-order valence-corrected chi connectivity index (χ4v) is 4.95. The lowest BCUT2D eigenvalue weighted by molar-refractivity contribution is -0.156. The number of esters is 1. The van der Waals surface area contributed by atoms with E-state index in [0.29, 0.717) is 34.6 Å². The van der Waals surface area contributed by atoms with Gasteiger partial charge in [0, 0.05) is 12.5 Å². The van der Waals surface area contributed by atoms with E-state index in [1.807, 2.05) is 0 Å². The van der Waals surface area contributed by atoms with Crippen molar-refractivity contribution in [1.82, 2.24) is 4.98 Å². The quantitative estimate of drug-likeness (QED) is 0.221. The smallest absolute Gasteiger partial charge is 0.339 e. The highest BCUT2D eigenvalue weighted by Gasteiger charge is 2.22. The van der Waals surface area contributed by atoms with E-state index >= 15 is 0 Å². The van der Waals surface area contributed by atoms with Crippen LogP contribution in [0.15, 0.2) is 47.4 Å². The van der Waals surface area contributed by atoms with Crippen LogP contribution in [-0.4, -0.2) is 36.9 Å². The van der Waals surface area contributed by atoms with E-state index in [2.05, 4.69) is 10.3 Å². The van der Waals surface area contributed by atoms with Gasteiger partial charge in [-0.2, -0.15) is 8.42 Å². The Morgan fingerprint density at radius 2 is 1.83 bits per heavy atom. The number of aromatic nitrogens is 1. The number of nitrogens with two attached hydrogens (primary N) is 1. The Morgan fingerprint density at radius 3 is 2.50 bits per heavy atom. The number of unbranched alkanes of at least 4 members (excludes halogenated alkanes) is 1. The summed E-state index contributed by atoms with van der Waals surface area (Å²) >= 11 is 1.17. The van der Waals surface area contributed by atoms with E-state index in [4.69, 9.17) is 14.7 Å². The number of anilines is 1. The zero-order chi connectivity index (χ0) is 26.5. The number of rotatable bonds is 10. The van der Waals surface area contributed by atoms with E-state index in [9.17, 15) is 22.4 Å². The third-order valence-corrected chi connectivity index (χ3v) is 6.99. The monoisotopic (exact) mass is 537 g/mol. The van der Waals surface area contributed by atoms with Gasteiger partial charge in [-0.1, -0.05) is 17.8 Å². The van der Waals surface area contributed by atoms with Gasteiger partial charge in [-0.3, -0.25) is 9.59 Å². The number of hydrogen-bond acceptors (Lipinski definition) is 9. The number of carbonyl (C=O) groups excluding carboxylic acids is 2. The first-order chi connectivity index (χ1) is 16.8. The highest BCUT2D eigenvalue weighted by Crippen LogP contribution is 2.30. The first-order valence-electron chi connectivity index (χ1n) is 11.2. The van der Waals surface area contributed by atoms with Crippen LogP contribution in [0.2, 0.25) is 0 Å².